The zero-order valence-corrected chi connectivity index (χ0v) is 19.3. The first-order chi connectivity index (χ1) is 15.8. The van der Waals surface area contributed by atoms with Crippen molar-refractivity contribution in [2.75, 3.05) is 57.5 Å². The summed E-state index contributed by atoms with van der Waals surface area (Å²) in [5.74, 6) is 1.50. The van der Waals surface area contributed by atoms with Gasteiger partial charge in [-0.15, -0.1) is 22.7 Å². The number of morpholine rings is 1. The monoisotopic (exact) mass is 471 g/mol. The maximum absolute atomic E-state index is 13.3. The minimum absolute atomic E-state index is 0.00468. The van der Waals surface area contributed by atoms with Crippen molar-refractivity contribution >= 4 is 33.7 Å². The quantitative estimate of drug-likeness (QED) is 0.519. The van der Waals surface area contributed by atoms with Crippen LogP contribution in [0.15, 0.2) is 41.1 Å². The van der Waals surface area contributed by atoms with E-state index in [9.17, 15) is 4.79 Å². The molecule has 168 valence electrons. The van der Waals surface area contributed by atoms with E-state index < -0.39 is 0 Å². The molecule has 5 rings (SSSR count). The molecule has 2 aliphatic heterocycles. The van der Waals surface area contributed by atoms with Crippen molar-refractivity contribution in [1.29, 1.82) is 0 Å². The Labute approximate surface area is 195 Å². The van der Waals surface area contributed by atoms with E-state index in [0.717, 1.165) is 72.0 Å². The van der Waals surface area contributed by atoms with Crippen LogP contribution in [0, 0.1) is 0 Å². The minimum Gasteiger partial charge on any atom is -0.486 e. The number of amides is 1. The fraction of sp³-hybridized carbons (Fsp3) is 0.391. The largest absolute Gasteiger partial charge is 0.486 e. The molecule has 0 bridgehead atoms. The Hall–Kier alpha value is -2.46. The topological polar surface area (TPSA) is 64.1 Å². The number of nitrogens with zero attached hydrogens (tertiary/aromatic N) is 3. The van der Waals surface area contributed by atoms with Gasteiger partial charge >= 0.3 is 0 Å². The second-order valence-corrected chi connectivity index (χ2v) is 9.40. The first kappa shape index (κ1) is 21.4. The predicted octanol–water partition coefficient (Wildman–Crippen LogP) is 4.01. The van der Waals surface area contributed by atoms with Crippen LogP contribution in [0.5, 0.6) is 11.5 Å². The molecule has 1 fully saturated rings. The van der Waals surface area contributed by atoms with Crippen molar-refractivity contribution in [2.24, 2.45) is 0 Å². The number of aromatic nitrogens is 1. The van der Waals surface area contributed by atoms with Crippen molar-refractivity contribution in [1.82, 2.24) is 9.88 Å². The number of hydrogen-bond acceptors (Lipinski definition) is 8. The maximum atomic E-state index is 13.3. The van der Waals surface area contributed by atoms with Crippen molar-refractivity contribution in [3.63, 3.8) is 0 Å². The lowest BCUT2D eigenvalue weighted by molar-refractivity contribution is 0.0376. The van der Waals surface area contributed by atoms with E-state index in [1.807, 2.05) is 46.0 Å². The zero-order valence-electron chi connectivity index (χ0n) is 17.7. The molecule has 0 radical (unpaired) electrons. The van der Waals surface area contributed by atoms with E-state index in [2.05, 4.69) is 4.90 Å². The van der Waals surface area contributed by atoms with Crippen molar-refractivity contribution in [3.8, 4) is 22.8 Å². The summed E-state index contributed by atoms with van der Waals surface area (Å²) in [6.45, 7) is 6.14. The molecule has 7 nitrogen and oxygen atoms in total. The first-order valence-electron chi connectivity index (χ1n) is 10.8. The number of benzene rings is 1. The number of thiophene rings is 1. The number of carbonyl (C=O) groups excluding carboxylic acids is 1. The molecular weight excluding hydrogens is 446 g/mol. The molecule has 0 unspecified atom stereocenters. The SMILES string of the molecule is O=C(c1cccs1)N(CCCN1CCOCC1)c1nc(-c2ccc3c(c2)OCCO3)cs1. The van der Waals surface area contributed by atoms with Crippen LogP contribution in [0.25, 0.3) is 11.3 Å². The Morgan fingerprint density at radius 2 is 1.91 bits per heavy atom. The molecule has 0 saturated carbocycles. The molecule has 0 spiro atoms. The number of carbonyl (C=O) groups is 1. The Morgan fingerprint density at radius 1 is 1.06 bits per heavy atom. The molecule has 2 aromatic heterocycles. The highest BCUT2D eigenvalue weighted by Gasteiger charge is 2.23. The van der Waals surface area contributed by atoms with Gasteiger partial charge in [0.25, 0.3) is 5.91 Å². The van der Waals surface area contributed by atoms with Gasteiger partial charge in [0.15, 0.2) is 16.6 Å². The maximum Gasteiger partial charge on any atom is 0.270 e. The Balaban J connectivity index is 1.34. The third-order valence-electron chi connectivity index (χ3n) is 5.50. The third-order valence-corrected chi connectivity index (χ3v) is 7.22. The van der Waals surface area contributed by atoms with Crippen LogP contribution in [0.2, 0.25) is 0 Å². The summed E-state index contributed by atoms with van der Waals surface area (Å²) in [5.41, 5.74) is 1.78. The number of ether oxygens (including phenoxy) is 3. The molecule has 3 aromatic rings. The number of anilines is 1. The predicted molar refractivity (Wildman–Crippen MR) is 126 cm³/mol. The second-order valence-electron chi connectivity index (χ2n) is 7.62. The van der Waals surface area contributed by atoms with E-state index in [4.69, 9.17) is 19.2 Å². The molecule has 0 N–H and O–H groups in total. The molecule has 0 aliphatic carbocycles. The van der Waals surface area contributed by atoms with Crippen LogP contribution in [-0.2, 0) is 4.74 Å². The van der Waals surface area contributed by atoms with E-state index in [-0.39, 0.29) is 5.91 Å². The van der Waals surface area contributed by atoms with Crippen LogP contribution >= 0.6 is 22.7 Å². The number of rotatable bonds is 7. The van der Waals surface area contributed by atoms with Crippen LogP contribution in [0.4, 0.5) is 5.13 Å². The average molecular weight is 472 g/mol. The van der Waals surface area contributed by atoms with Crippen LogP contribution in [-0.4, -0.2) is 68.4 Å². The smallest absolute Gasteiger partial charge is 0.270 e. The highest BCUT2D eigenvalue weighted by Crippen LogP contribution is 2.36. The first-order valence-corrected chi connectivity index (χ1v) is 12.5. The van der Waals surface area contributed by atoms with Crippen LogP contribution in [0.1, 0.15) is 16.1 Å². The van der Waals surface area contributed by atoms with E-state index in [0.29, 0.717) is 19.8 Å². The lowest BCUT2D eigenvalue weighted by Crippen LogP contribution is -2.39. The molecule has 9 heteroatoms. The molecule has 0 atom stereocenters. The van der Waals surface area contributed by atoms with Gasteiger partial charge in [-0.25, -0.2) is 4.98 Å². The van der Waals surface area contributed by atoms with Gasteiger partial charge < -0.3 is 14.2 Å². The van der Waals surface area contributed by atoms with Gasteiger partial charge in [0.2, 0.25) is 0 Å². The summed E-state index contributed by atoms with van der Waals surface area (Å²) in [5, 5.41) is 4.65. The van der Waals surface area contributed by atoms with Gasteiger partial charge in [-0.05, 0) is 36.1 Å². The summed E-state index contributed by atoms with van der Waals surface area (Å²) in [7, 11) is 0. The molecule has 1 saturated heterocycles. The van der Waals surface area contributed by atoms with Gasteiger partial charge in [-0.2, -0.15) is 0 Å². The summed E-state index contributed by atoms with van der Waals surface area (Å²) in [4.78, 5) is 23.0. The number of thiazole rings is 1. The summed E-state index contributed by atoms with van der Waals surface area (Å²) >= 11 is 2.96. The molecule has 1 amide bonds. The Kier molecular flexibility index (Phi) is 6.68. The lowest BCUT2D eigenvalue weighted by atomic mass is 10.1. The summed E-state index contributed by atoms with van der Waals surface area (Å²) < 4.78 is 16.8. The molecule has 32 heavy (non-hydrogen) atoms. The van der Waals surface area contributed by atoms with E-state index in [1.165, 1.54) is 22.7 Å². The average Bonchev–Trinajstić information content (AvgIpc) is 3.55. The van der Waals surface area contributed by atoms with E-state index >= 15 is 0 Å². The van der Waals surface area contributed by atoms with Crippen molar-refractivity contribution < 1.29 is 19.0 Å². The van der Waals surface area contributed by atoms with Crippen LogP contribution in [0.3, 0.4) is 0 Å². The van der Waals surface area contributed by atoms with Gasteiger partial charge in [0, 0.05) is 37.1 Å². The number of hydrogen-bond donors (Lipinski definition) is 0. The standard InChI is InChI=1S/C23H25N3O4S2/c27-22(21-3-1-14-31-21)26(7-2-6-25-8-10-28-11-9-25)23-24-18(16-32-23)17-4-5-19-20(15-17)30-13-12-29-19/h1,3-5,14-16H,2,6-13H2. The molecule has 2 aliphatic rings. The highest BCUT2D eigenvalue weighted by atomic mass is 32.1. The third kappa shape index (κ3) is 4.80. The molecule has 1 aromatic carbocycles. The van der Waals surface area contributed by atoms with Crippen molar-refractivity contribution in [2.45, 2.75) is 6.42 Å². The molecular formula is C23H25N3O4S2. The van der Waals surface area contributed by atoms with Crippen LogP contribution < -0.4 is 14.4 Å². The molecule has 4 heterocycles. The lowest BCUT2D eigenvalue weighted by Gasteiger charge is -2.27. The Bertz CT molecular complexity index is 1050. The van der Waals surface area contributed by atoms with E-state index in [1.54, 1.807) is 0 Å². The normalized spacial score (nSPS) is 16.1. The van der Waals surface area contributed by atoms with Gasteiger partial charge in [-0.3, -0.25) is 14.6 Å². The Morgan fingerprint density at radius 3 is 2.72 bits per heavy atom. The number of fused-ring (bicyclic) bond motifs is 1. The van der Waals surface area contributed by atoms with Gasteiger partial charge in [0.1, 0.15) is 13.2 Å². The minimum atomic E-state index is 0.00468. The fourth-order valence-corrected chi connectivity index (χ4v) is 5.35. The van der Waals surface area contributed by atoms with Gasteiger partial charge in [0.05, 0.1) is 23.8 Å². The summed E-state index contributed by atoms with van der Waals surface area (Å²) in [6.07, 6.45) is 0.885. The second kappa shape index (κ2) is 9.99. The summed E-state index contributed by atoms with van der Waals surface area (Å²) in [6, 6.07) is 9.64. The van der Waals surface area contributed by atoms with Crippen molar-refractivity contribution in [3.05, 3.63) is 46.0 Å². The fourth-order valence-electron chi connectivity index (χ4n) is 3.82. The highest BCUT2D eigenvalue weighted by molar-refractivity contribution is 7.14. The zero-order chi connectivity index (χ0) is 21.8. The van der Waals surface area contributed by atoms with Gasteiger partial charge in [-0.1, -0.05) is 6.07 Å².